The summed E-state index contributed by atoms with van der Waals surface area (Å²) in [6, 6.07) is 9.56. The first kappa shape index (κ1) is 14.1. The van der Waals surface area contributed by atoms with Crippen molar-refractivity contribution in [3.63, 3.8) is 0 Å². The molecule has 0 N–H and O–H groups in total. The van der Waals surface area contributed by atoms with Crippen molar-refractivity contribution in [1.82, 2.24) is 9.80 Å². The Hall–Kier alpha value is -1.35. The third kappa shape index (κ3) is 4.06. The summed E-state index contributed by atoms with van der Waals surface area (Å²) >= 11 is 0. The van der Waals surface area contributed by atoms with E-state index in [0.717, 1.165) is 18.7 Å². The molecular formula is C16H24N2O. The van der Waals surface area contributed by atoms with Crippen LogP contribution in [0.4, 0.5) is 0 Å². The molecule has 1 saturated heterocycles. The molecule has 0 aliphatic carbocycles. The van der Waals surface area contributed by atoms with Gasteiger partial charge < -0.3 is 9.80 Å². The lowest BCUT2D eigenvalue weighted by Crippen LogP contribution is -2.32. The van der Waals surface area contributed by atoms with Crippen LogP contribution in [0.15, 0.2) is 30.3 Å². The second-order valence-corrected chi connectivity index (χ2v) is 5.65. The zero-order chi connectivity index (χ0) is 13.7. The first-order valence-corrected chi connectivity index (χ1v) is 7.16. The second kappa shape index (κ2) is 6.71. The van der Waals surface area contributed by atoms with Gasteiger partial charge in [-0.1, -0.05) is 18.2 Å². The predicted molar refractivity (Wildman–Crippen MR) is 78.2 cm³/mol. The average molecular weight is 260 g/mol. The molecule has 0 bridgehead atoms. The van der Waals surface area contributed by atoms with Crippen LogP contribution in [-0.4, -0.2) is 49.4 Å². The first-order chi connectivity index (χ1) is 9.16. The largest absolute Gasteiger partial charge is 0.341 e. The van der Waals surface area contributed by atoms with Gasteiger partial charge in [0.05, 0.1) is 0 Å². The monoisotopic (exact) mass is 260 g/mol. The molecule has 3 heteroatoms. The Morgan fingerprint density at radius 2 is 2.00 bits per heavy atom. The molecule has 0 aromatic heterocycles. The van der Waals surface area contributed by atoms with Crippen LogP contribution in [0.1, 0.15) is 29.6 Å². The van der Waals surface area contributed by atoms with Gasteiger partial charge in [-0.25, -0.2) is 0 Å². The molecule has 1 atom stereocenters. The van der Waals surface area contributed by atoms with Crippen molar-refractivity contribution in [3.05, 3.63) is 35.9 Å². The van der Waals surface area contributed by atoms with Crippen LogP contribution in [-0.2, 0) is 0 Å². The van der Waals surface area contributed by atoms with Gasteiger partial charge in [0.2, 0.25) is 0 Å². The minimum atomic E-state index is 0.137. The number of amides is 1. The summed E-state index contributed by atoms with van der Waals surface area (Å²) in [5, 5.41) is 0. The fraction of sp³-hybridized carbons (Fsp3) is 0.562. The molecule has 1 aliphatic heterocycles. The van der Waals surface area contributed by atoms with Crippen molar-refractivity contribution >= 4 is 5.91 Å². The molecule has 3 nitrogen and oxygen atoms in total. The zero-order valence-electron chi connectivity index (χ0n) is 12.0. The minimum absolute atomic E-state index is 0.137. The molecule has 0 saturated carbocycles. The summed E-state index contributed by atoms with van der Waals surface area (Å²) in [6.07, 6.45) is 3.67. The Kier molecular flexibility index (Phi) is 4.97. The lowest BCUT2D eigenvalue weighted by atomic mass is 10.00. The predicted octanol–water partition coefficient (Wildman–Crippen LogP) is 2.49. The summed E-state index contributed by atoms with van der Waals surface area (Å²) in [5.41, 5.74) is 0.788. The van der Waals surface area contributed by atoms with Crippen LogP contribution in [0, 0.1) is 5.92 Å². The summed E-state index contributed by atoms with van der Waals surface area (Å²) in [7, 11) is 4.10. The van der Waals surface area contributed by atoms with E-state index in [9.17, 15) is 4.79 Å². The number of carbonyl (C=O) groups excluding carboxylic acids is 1. The van der Waals surface area contributed by atoms with E-state index < -0.39 is 0 Å². The molecule has 104 valence electrons. The van der Waals surface area contributed by atoms with Crippen LogP contribution < -0.4 is 0 Å². The van der Waals surface area contributed by atoms with Gasteiger partial charge in [0.1, 0.15) is 0 Å². The van der Waals surface area contributed by atoms with Gasteiger partial charge in [0, 0.05) is 19.2 Å². The minimum Gasteiger partial charge on any atom is -0.341 e. The van der Waals surface area contributed by atoms with Gasteiger partial charge in [-0.2, -0.15) is 0 Å². The highest BCUT2D eigenvalue weighted by molar-refractivity contribution is 5.93. The summed E-state index contributed by atoms with van der Waals surface area (Å²) in [5.74, 6) is 0.779. The lowest BCUT2D eigenvalue weighted by Gasteiger charge is -2.23. The number of rotatable bonds is 3. The zero-order valence-corrected chi connectivity index (χ0v) is 12.0. The Labute approximate surface area is 116 Å². The molecule has 1 amide bonds. The van der Waals surface area contributed by atoms with E-state index in [2.05, 4.69) is 11.9 Å². The highest BCUT2D eigenvalue weighted by Crippen LogP contribution is 2.18. The van der Waals surface area contributed by atoms with Gasteiger partial charge in [0.25, 0.3) is 5.91 Å². The van der Waals surface area contributed by atoms with Crippen molar-refractivity contribution < 1.29 is 4.79 Å². The molecule has 1 heterocycles. The number of hydrogen-bond acceptors (Lipinski definition) is 2. The number of benzene rings is 1. The molecule has 1 aromatic rings. The molecule has 2 rings (SSSR count). The highest BCUT2D eigenvalue weighted by Gasteiger charge is 2.19. The molecule has 0 radical (unpaired) electrons. The van der Waals surface area contributed by atoms with E-state index in [0.29, 0.717) is 5.92 Å². The van der Waals surface area contributed by atoms with E-state index in [1.54, 1.807) is 0 Å². The van der Waals surface area contributed by atoms with E-state index in [1.807, 2.05) is 42.3 Å². The van der Waals surface area contributed by atoms with Gasteiger partial charge in [-0.3, -0.25) is 4.79 Å². The van der Waals surface area contributed by atoms with E-state index in [4.69, 9.17) is 0 Å². The summed E-state index contributed by atoms with van der Waals surface area (Å²) in [4.78, 5) is 16.6. The van der Waals surface area contributed by atoms with Crippen molar-refractivity contribution in [3.8, 4) is 0 Å². The maximum atomic E-state index is 12.3. The number of carbonyl (C=O) groups is 1. The Bertz CT molecular complexity index is 404. The van der Waals surface area contributed by atoms with E-state index in [1.165, 1.54) is 25.8 Å². The third-order valence-corrected chi connectivity index (χ3v) is 3.97. The molecule has 1 unspecified atom stereocenters. The fourth-order valence-corrected chi connectivity index (χ4v) is 2.76. The summed E-state index contributed by atoms with van der Waals surface area (Å²) in [6.45, 7) is 3.21. The van der Waals surface area contributed by atoms with Crippen LogP contribution in [0.5, 0.6) is 0 Å². The van der Waals surface area contributed by atoms with Crippen molar-refractivity contribution in [2.45, 2.75) is 19.3 Å². The van der Waals surface area contributed by atoms with Gasteiger partial charge in [-0.05, 0) is 57.5 Å². The van der Waals surface area contributed by atoms with Crippen LogP contribution in [0.3, 0.4) is 0 Å². The molecule has 1 aromatic carbocycles. The molecular weight excluding hydrogens is 236 g/mol. The van der Waals surface area contributed by atoms with Crippen LogP contribution in [0.2, 0.25) is 0 Å². The van der Waals surface area contributed by atoms with Gasteiger partial charge in [0.15, 0.2) is 0 Å². The normalized spacial score (nSPS) is 20.8. The Balaban J connectivity index is 1.90. The molecule has 1 fully saturated rings. The van der Waals surface area contributed by atoms with E-state index >= 15 is 0 Å². The van der Waals surface area contributed by atoms with E-state index in [-0.39, 0.29) is 5.91 Å². The number of hydrogen-bond donors (Lipinski definition) is 0. The van der Waals surface area contributed by atoms with Crippen LogP contribution >= 0.6 is 0 Å². The van der Waals surface area contributed by atoms with Crippen molar-refractivity contribution in [1.29, 1.82) is 0 Å². The SMILES string of the molecule is CN1CCCC(CN(C)C(=O)c2ccccc2)CC1. The maximum Gasteiger partial charge on any atom is 0.253 e. The quantitative estimate of drug-likeness (QED) is 0.833. The first-order valence-electron chi connectivity index (χ1n) is 7.16. The summed E-state index contributed by atoms with van der Waals surface area (Å²) < 4.78 is 0. The third-order valence-electron chi connectivity index (χ3n) is 3.97. The van der Waals surface area contributed by atoms with Crippen molar-refractivity contribution in [2.24, 2.45) is 5.92 Å². The molecule has 0 spiro atoms. The molecule has 1 aliphatic rings. The Morgan fingerprint density at radius 3 is 2.74 bits per heavy atom. The van der Waals surface area contributed by atoms with Crippen LogP contribution in [0.25, 0.3) is 0 Å². The second-order valence-electron chi connectivity index (χ2n) is 5.65. The van der Waals surface area contributed by atoms with Gasteiger partial charge >= 0.3 is 0 Å². The Morgan fingerprint density at radius 1 is 1.26 bits per heavy atom. The van der Waals surface area contributed by atoms with Gasteiger partial charge in [-0.15, -0.1) is 0 Å². The topological polar surface area (TPSA) is 23.6 Å². The van der Waals surface area contributed by atoms with Crippen molar-refractivity contribution in [2.75, 3.05) is 33.7 Å². The standard InChI is InChI=1S/C16H24N2O/c1-17-11-6-7-14(10-12-17)13-18(2)16(19)15-8-4-3-5-9-15/h3-5,8-9,14H,6-7,10-13H2,1-2H3. The number of nitrogens with zero attached hydrogens (tertiary/aromatic N) is 2. The maximum absolute atomic E-state index is 12.3. The fourth-order valence-electron chi connectivity index (χ4n) is 2.76. The lowest BCUT2D eigenvalue weighted by molar-refractivity contribution is 0.0768. The number of likely N-dealkylation sites (tertiary alicyclic amines) is 1. The average Bonchev–Trinajstić information content (AvgIpc) is 2.64. The smallest absolute Gasteiger partial charge is 0.253 e. The molecule has 19 heavy (non-hydrogen) atoms. The highest BCUT2D eigenvalue weighted by atomic mass is 16.2.